The summed E-state index contributed by atoms with van der Waals surface area (Å²) in [6.45, 7) is 0. The third-order valence-corrected chi connectivity index (χ3v) is 5.97. The number of carboxylic acid groups (broad SMARTS) is 1. The van der Waals surface area contributed by atoms with Crippen molar-refractivity contribution in [3.8, 4) is 0 Å². The monoisotopic (exact) mass is 319 g/mol. The number of nitrogens with one attached hydrogen (secondary N) is 2. The average molecular weight is 319 g/mol. The van der Waals surface area contributed by atoms with Crippen LogP contribution >= 0.6 is 11.8 Å². The van der Waals surface area contributed by atoms with Crippen molar-refractivity contribution in [1.82, 2.24) is 14.9 Å². The molecule has 112 valence electrons. The molecule has 0 amide bonds. The highest BCUT2D eigenvalue weighted by atomic mass is 32.2. The predicted octanol–water partition coefficient (Wildman–Crippen LogP) is 1.06. The van der Waals surface area contributed by atoms with E-state index < -0.39 is 16.0 Å². The van der Waals surface area contributed by atoms with E-state index >= 15 is 0 Å². The van der Waals surface area contributed by atoms with Crippen molar-refractivity contribution in [3.05, 3.63) is 11.8 Å². The Morgan fingerprint density at radius 3 is 2.95 bits per heavy atom. The van der Waals surface area contributed by atoms with E-state index in [0.29, 0.717) is 5.25 Å². The van der Waals surface area contributed by atoms with E-state index in [1.165, 1.54) is 0 Å². The van der Waals surface area contributed by atoms with Gasteiger partial charge >= 0.3 is 5.97 Å². The number of aromatic nitrogens is 2. The summed E-state index contributed by atoms with van der Waals surface area (Å²) in [5, 5.41) is 14.8. The minimum absolute atomic E-state index is 0.156. The summed E-state index contributed by atoms with van der Waals surface area (Å²) in [6.07, 6.45) is 6.60. The first-order valence-corrected chi connectivity index (χ1v) is 9.03. The van der Waals surface area contributed by atoms with Crippen LogP contribution in [0.4, 0.5) is 0 Å². The van der Waals surface area contributed by atoms with Crippen LogP contribution in [0.15, 0.2) is 11.2 Å². The molecule has 1 aliphatic carbocycles. The summed E-state index contributed by atoms with van der Waals surface area (Å²) in [5.74, 6) is -1.32. The summed E-state index contributed by atoms with van der Waals surface area (Å²) in [4.78, 5) is 11.0. The zero-order chi connectivity index (χ0) is 14.8. The second kappa shape index (κ2) is 6.15. The molecule has 20 heavy (non-hydrogen) atoms. The van der Waals surface area contributed by atoms with Gasteiger partial charge in [-0.25, -0.2) is 17.9 Å². The summed E-state index contributed by atoms with van der Waals surface area (Å²) in [6, 6.07) is -0.156. The zero-order valence-corrected chi connectivity index (χ0v) is 12.6. The fourth-order valence-electron chi connectivity index (χ4n) is 2.38. The Labute approximate surface area is 121 Å². The number of thioether (sulfide) groups is 1. The first kappa shape index (κ1) is 15.3. The Kier molecular flexibility index (Phi) is 4.71. The maximum atomic E-state index is 12.2. The van der Waals surface area contributed by atoms with Crippen LogP contribution in [0.25, 0.3) is 0 Å². The lowest BCUT2D eigenvalue weighted by molar-refractivity contribution is 0.0692. The molecule has 2 rings (SSSR count). The van der Waals surface area contributed by atoms with Gasteiger partial charge in [-0.2, -0.15) is 16.9 Å². The van der Waals surface area contributed by atoms with Crippen LogP contribution in [0, 0.1) is 0 Å². The van der Waals surface area contributed by atoms with Gasteiger partial charge < -0.3 is 5.11 Å². The van der Waals surface area contributed by atoms with E-state index in [1.807, 2.05) is 6.26 Å². The summed E-state index contributed by atoms with van der Waals surface area (Å²) >= 11 is 1.73. The second-order valence-corrected chi connectivity index (χ2v) is 7.55. The second-order valence-electron chi connectivity index (χ2n) is 4.76. The lowest BCUT2D eigenvalue weighted by Crippen LogP contribution is -2.39. The quantitative estimate of drug-likeness (QED) is 0.748. The van der Waals surface area contributed by atoms with E-state index in [2.05, 4.69) is 14.9 Å². The van der Waals surface area contributed by atoms with Gasteiger partial charge in [0.1, 0.15) is 5.56 Å². The number of hydrogen-bond donors (Lipinski definition) is 3. The molecule has 2 atom stereocenters. The minimum Gasteiger partial charge on any atom is -0.478 e. The highest BCUT2D eigenvalue weighted by Crippen LogP contribution is 2.27. The topological polar surface area (TPSA) is 112 Å². The van der Waals surface area contributed by atoms with Crippen LogP contribution in [0.5, 0.6) is 0 Å². The average Bonchev–Trinajstić information content (AvgIpc) is 2.88. The molecule has 0 aliphatic heterocycles. The molecule has 1 aromatic rings. The van der Waals surface area contributed by atoms with E-state index in [-0.39, 0.29) is 16.6 Å². The highest BCUT2D eigenvalue weighted by Gasteiger charge is 2.30. The fourth-order valence-corrected chi connectivity index (χ4v) is 4.58. The minimum atomic E-state index is -3.88. The van der Waals surface area contributed by atoms with Crippen LogP contribution in [-0.4, -0.2) is 47.2 Å². The van der Waals surface area contributed by atoms with Crippen molar-refractivity contribution in [2.24, 2.45) is 0 Å². The van der Waals surface area contributed by atoms with Crippen molar-refractivity contribution >= 4 is 27.8 Å². The van der Waals surface area contributed by atoms with Crippen LogP contribution in [-0.2, 0) is 10.0 Å². The number of H-pyrrole nitrogens is 1. The number of carbonyl (C=O) groups is 1. The SMILES string of the molecule is CSC1CCCC(NS(=O)(=O)c2[nH]ncc2C(=O)O)C1. The van der Waals surface area contributed by atoms with Crippen molar-refractivity contribution < 1.29 is 18.3 Å². The number of sulfonamides is 1. The first-order valence-electron chi connectivity index (χ1n) is 6.26. The van der Waals surface area contributed by atoms with Crippen molar-refractivity contribution in [1.29, 1.82) is 0 Å². The molecular weight excluding hydrogens is 302 g/mol. The molecule has 0 spiro atoms. The Bertz CT molecular complexity index is 584. The molecule has 1 fully saturated rings. The standard InChI is InChI=1S/C11H17N3O4S2/c1-19-8-4-2-3-7(5-8)14-20(17,18)10-9(11(15)16)6-12-13-10/h6-8,14H,2-5H2,1H3,(H,12,13)(H,15,16). The molecule has 1 saturated carbocycles. The predicted molar refractivity (Wildman–Crippen MR) is 75.4 cm³/mol. The van der Waals surface area contributed by atoms with Gasteiger partial charge in [-0.1, -0.05) is 6.42 Å². The molecule has 1 heterocycles. The number of hydrogen-bond acceptors (Lipinski definition) is 5. The van der Waals surface area contributed by atoms with Gasteiger partial charge in [0.15, 0.2) is 5.03 Å². The van der Waals surface area contributed by atoms with Crippen molar-refractivity contribution in [3.63, 3.8) is 0 Å². The van der Waals surface area contributed by atoms with Crippen molar-refractivity contribution in [2.75, 3.05) is 6.26 Å². The number of rotatable bonds is 5. The smallest absolute Gasteiger partial charge is 0.340 e. The van der Waals surface area contributed by atoms with Gasteiger partial charge in [0.05, 0.1) is 6.20 Å². The number of aromatic amines is 1. The van der Waals surface area contributed by atoms with Gasteiger partial charge in [0, 0.05) is 11.3 Å². The summed E-state index contributed by atoms with van der Waals surface area (Å²) in [5.41, 5.74) is -0.338. The van der Waals surface area contributed by atoms with E-state index in [4.69, 9.17) is 5.11 Å². The molecule has 7 nitrogen and oxygen atoms in total. The molecule has 0 saturated heterocycles. The highest BCUT2D eigenvalue weighted by molar-refractivity contribution is 7.99. The third-order valence-electron chi connectivity index (χ3n) is 3.38. The zero-order valence-electron chi connectivity index (χ0n) is 11.0. The maximum Gasteiger partial charge on any atom is 0.340 e. The first-order chi connectivity index (χ1) is 9.44. The van der Waals surface area contributed by atoms with Crippen LogP contribution in [0.1, 0.15) is 36.0 Å². The lowest BCUT2D eigenvalue weighted by Gasteiger charge is -2.28. The number of nitrogens with zero attached hydrogens (tertiary/aromatic N) is 1. The van der Waals surface area contributed by atoms with Crippen molar-refractivity contribution in [2.45, 2.75) is 42.0 Å². The van der Waals surface area contributed by atoms with Gasteiger partial charge in [0.25, 0.3) is 10.0 Å². The van der Waals surface area contributed by atoms with E-state index in [0.717, 1.165) is 31.9 Å². The maximum absolute atomic E-state index is 12.2. The number of aromatic carboxylic acids is 1. The Hall–Kier alpha value is -1.06. The molecule has 0 aromatic carbocycles. The van der Waals surface area contributed by atoms with E-state index in [1.54, 1.807) is 11.8 Å². The Balaban J connectivity index is 2.15. The molecule has 2 unspecified atom stereocenters. The molecule has 0 bridgehead atoms. The van der Waals surface area contributed by atoms with Crippen LogP contribution in [0.3, 0.4) is 0 Å². The van der Waals surface area contributed by atoms with Gasteiger partial charge in [-0.3, -0.25) is 5.10 Å². The molecule has 3 N–H and O–H groups in total. The third kappa shape index (κ3) is 3.33. The molecule has 1 aliphatic rings. The Morgan fingerprint density at radius 1 is 1.55 bits per heavy atom. The Morgan fingerprint density at radius 2 is 2.30 bits per heavy atom. The normalized spacial score (nSPS) is 23.6. The van der Waals surface area contributed by atoms with Gasteiger partial charge in [-0.05, 0) is 25.5 Å². The fraction of sp³-hybridized carbons (Fsp3) is 0.636. The van der Waals surface area contributed by atoms with E-state index in [9.17, 15) is 13.2 Å². The van der Waals surface area contributed by atoms with Gasteiger partial charge in [0.2, 0.25) is 0 Å². The van der Waals surface area contributed by atoms with Crippen LogP contribution in [0.2, 0.25) is 0 Å². The lowest BCUT2D eigenvalue weighted by atomic mass is 9.96. The molecule has 0 radical (unpaired) electrons. The number of carboxylic acids is 1. The molecule has 9 heteroatoms. The molecule has 1 aromatic heterocycles. The largest absolute Gasteiger partial charge is 0.478 e. The van der Waals surface area contributed by atoms with Crippen LogP contribution < -0.4 is 4.72 Å². The summed E-state index contributed by atoms with van der Waals surface area (Å²) < 4.78 is 27.0. The summed E-state index contributed by atoms with van der Waals surface area (Å²) in [7, 11) is -3.88. The molecular formula is C11H17N3O4S2. The van der Waals surface area contributed by atoms with Gasteiger partial charge in [-0.15, -0.1) is 0 Å².